The van der Waals surface area contributed by atoms with Gasteiger partial charge in [0.25, 0.3) is 0 Å². The quantitative estimate of drug-likeness (QED) is 0.892. The Kier molecular flexibility index (Phi) is 3.95. The molecule has 3 heteroatoms. The maximum absolute atomic E-state index is 13.3. The molecule has 0 unspecified atom stereocenters. The normalized spacial score (nSPS) is 10.4. The summed E-state index contributed by atoms with van der Waals surface area (Å²) in [6.07, 6.45) is 0.984. The van der Waals surface area contributed by atoms with Gasteiger partial charge in [0.2, 0.25) is 0 Å². The summed E-state index contributed by atoms with van der Waals surface area (Å²) in [5, 5.41) is 0. The van der Waals surface area contributed by atoms with Crippen LogP contribution < -0.4 is 10.5 Å². The van der Waals surface area contributed by atoms with Gasteiger partial charge in [0.1, 0.15) is 17.3 Å². The van der Waals surface area contributed by atoms with E-state index < -0.39 is 0 Å². The molecule has 2 aromatic rings. The van der Waals surface area contributed by atoms with Crippen molar-refractivity contribution in [2.45, 2.75) is 19.9 Å². The van der Waals surface area contributed by atoms with Crippen molar-refractivity contribution in [1.29, 1.82) is 0 Å². The third-order valence-electron chi connectivity index (χ3n) is 2.73. The van der Waals surface area contributed by atoms with Crippen LogP contribution in [0.15, 0.2) is 42.5 Å². The van der Waals surface area contributed by atoms with E-state index >= 15 is 0 Å². The Balaban J connectivity index is 2.19. The molecule has 0 amide bonds. The third-order valence-corrected chi connectivity index (χ3v) is 2.73. The summed E-state index contributed by atoms with van der Waals surface area (Å²) in [6.45, 7) is 2.39. The van der Waals surface area contributed by atoms with E-state index in [2.05, 4.69) is 6.92 Å². The van der Waals surface area contributed by atoms with Gasteiger partial charge in [-0.05, 0) is 41.8 Å². The van der Waals surface area contributed by atoms with Crippen LogP contribution in [0.25, 0.3) is 0 Å². The van der Waals surface area contributed by atoms with Crippen molar-refractivity contribution in [3.8, 4) is 11.5 Å². The minimum absolute atomic E-state index is 0.295. The van der Waals surface area contributed by atoms with Crippen molar-refractivity contribution in [3.63, 3.8) is 0 Å². The monoisotopic (exact) mass is 245 g/mol. The predicted octanol–water partition coefficient (Wildman–Crippen LogP) is 3.64. The van der Waals surface area contributed by atoms with Crippen molar-refractivity contribution in [2.75, 3.05) is 0 Å². The Morgan fingerprint density at radius 3 is 2.33 bits per heavy atom. The summed E-state index contributed by atoms with van der Waals surface area (Å²) < 4.78 is 18.9. The van der Waals surface area contributed by atoms with Crippen molar-refractivity contribution in [3.05, 3.63) is 59.4 Å². The molecule has 0 saturated carbocycles. The molecule has 0 aliphatic carbocycles. The molecule has 0 fully saturated rings. The van der Waals surface area contributed by atoms with Crippen LogP contribution in [0.2, 0.25) is 0 Å². The topological polar surface area (TPSA) is 35.2 Å². The minimum atomic E-state index is -0.335. The van der Waals surface area contributed by atoms with Crippen molar-refractivity contribution < 1.29 is 9.13 Å². The lowest BCUT2D eigenvalue weighted by Gasteiger charge is -2.08. The zero-order valence-electron chi connectivity index (χ0n) is 10.3. The second-order valence-electron chi connectivity index (χ2n) is 4.10. The van der Waals surface area contributed by atoms with Gasteiger partial charge in [-0.1, -0.05) is 19.1 Å². The highest BCUT2D eigenvalue weighted by Crippen LogP contribution is 2.24. The molecule has 0 aromatic heterocycles. The van der Waals surface area contributed by atoms with Crippen LogP contribution in [-0.2, 0) is 13.0 Å². The second kappa shape index (κ2) is 5.65. The van der Waals surface area contributed by atoms with Gasteiger partial charge < -0.3 is 10.5 Å². The predicted molar refractivity (Wildman–Crippen MR) is 70.2 cm³/mol. The molecule has 0 bridgehead atoms. The average Bonchev–Trinajstić information content (AvgIpc) is 2.39. The third kappa shape index (κ3) is 3.08. The first-order valence-electron chi connectivity index (χ1n) is 5.97. The molecule has 0 spiro atoms. The van der Waals surface area contributed by atoms with Gasteiger partial charge in [0, 0.05) is 12.6 Å². The Morgan fingerprint density at radius 2 is 1.72 bits per heavy atom. The summed E-state index contributed by atoms with van der Waals surface area (Å²) >= 11 is 0. The lowest BCUT2D eigenvalue weighted by molar-refractivity contribution is 0.475. The molecule has 2 nitrogen and oxygen atoms in total. The van der Waals surface area contributed by atoms with Crippen molar-refractivity contribution >= 4 is 0 Å². The van der Waals surface area contributed by atoms with Crippen molar-refractivity contribution in [1.82, 2.24) is 0 Å². The van der Waals surface area contributed by atoms with Gasteiger partial charge in [-0.25, -0.2) is 4.39 Å². The number of benzene rings is 2. The van der Waals surface area contributed by atoms with Crippen LogP contribution in [0.1, 0.15) is 18.1 Å². The molecule has 0 heterocycles. The fraction of sp³-hybridized carbons (Fsp3) is 0.200. The van der Waals surface area contributed by atoms with Crippen LogP contribution in [0, 0.1) is 5.82 Å². The van der Waals surface area contributed by atoms with Crippen molar-refractivity contribution in [2.24, 2.45) is 5.73 Å². The first-order chi connectivity index (χ1) is 8.71. The lowest BCUT2D eigenvalue weighted by atomic mass is 10.2. The summed E-state index contributed by atoms with van der Waals surface area (Å²) in [5.41, 5.74) is 7.45. The molecule has 94 valence electrons. The number of hydrogen-bond acceptors (Lipinski definition) is 2. The first-order valence-corrected chi connectivity index (χ1v) is 5.97. The van der Waals surface area contributed by atoms with Gasteiger partial charge in [-0.3, -0.25) is 0 Å². The zero-order valence-corrected chi connectivity index (χ0v) is 10.3. The number of ether oxygens (including phenoxy) is 1. The fourth-order valence-electron chi connectivity index (χ4n) is 1.73. The Bertz CT molecular complexity index is 523. The van der Waals surface area contributed by atoms with Gasteiger partial charge in [0.15, 0.2) is 0 Å². The molecule has 2 aromatic carbocycles. The number of aryl methyl sites for hydroxylation is 1. The molecular formula is C15H16FNO. The van der Waals surface area contributed by atoms with E-state index in [1.54, 1.807) is 6.07 Å². The smallest absolute Gasteiger partial charge is 0.130 e. The highest BCUT2D eigenvalue weighted by Gasteiger charge is 2.02. The molecule has 2 rings (SSSR count). The molecule has 0 aliphatic heterocycles. The number of halogens is 1. The van der Waals surface area contributed by atoms with E-state index in [-0.39, 0.29) is 5.82 Å². The van der Waals surface area contributed by atoms with Gasteiger partial charge in [0.05, 0.1) is 0 Å². The average molecular weight is 245 g/mol. The van der Waals surface area contributed by atoms with Gasteiger partial charge >= 0.3 is 0 Å². The fourth-order valence-corrected chi connectivity index (χ4v) is 1.73. The van der Waals surface area contributed by atoms with E-state index in [0.717, 1.165) is 12.0 Å². The maximum atomic E-state index is 13.3. The molecule has 0 radical (unpaired) electrons. The van der Waals surface area contributed by atoms with E-state index in [4.69, 9.17) is 10.5 Å². The summed E-state index contributed by atoms with van der Waals surface area (Å²) in [6, 6.07) is 12.3. The summed E-state index contributed by atoms with van der Waals surface area (Å²) in [7, 11) is 0. The molecule has 0 atom stereocenters. The van der Waals surface area contributed by atoms with Gasteiger partial charge in [-0.2, -0.15) is 0 Å². The van der Waals surface area contributed by atoms with E-state index in [1.165, 1.54) is 17.7 Å². The van der Waals surface area contributed by atoms with E-state index in [0.29, 0.717) is 18.0 Å². The van der Waals surface area contributed by atoms with E-state index in [9.17, 15) is 4.39 Å². The van der Waals surface area contributed by atoms with Crippen LogP contribution >= 0.6 is 0 Å². The molecular weight excluding hydrogens is 229 g/mol. The summed E-state index contributed by atoms with van der Waals surface area (Å²) in [4.78, 5) is 0. The highest BCUT2D eigenvalue weighted by atomic mass is 19.1. The molecule has 0 saturated heterocycles. The lowest BCUT2D eigenvalue weighted by Crippen LogP contribution is -1.97. The number of hydrogen-bond donors (Lipinski definition) is 1. The number of rotatable bonds is 4. The Morgan fingerprint density at radius 1 is 1.00 bits per heavy atom. The van der Waals surface area contributed by atoms with Crippen LogP contribution in [-0.4, -0.2) is 0 Å². The number of nitrogens with two attached hydrogens (primary N) is 1. The Hall–Kier alpha value is -1.87. The molecule has 0 aliphatic rings. The highest BCUT2D eigenvalue weighted by molar-refractivity contribution is 5.35. The largest absolute Gasteiger partial charge is 0.457 e. The molecule has 18 heavy (non-hydrogen) atoms. The maximum Gasteiger partial charge on any atom is 0.130 e. The van der Waals surface area contributed by atoms with Crippen LogP contribution in [0.5, 0.6) is 11.5 Å². The minimum Gasteiger partial charge on any atom is -0.457 e. The first kappa shape index (κ1) is 12.6. The SMILES string of the molecule is CCc1ccc(Oc2cc(F)cc(CN)c2)cc1. The summed E-state index contributed by atoms with van der Waals surface area (Å²) in [5.74, 6) is 0.832. The Labute approximate surface area is 106 Å². The van der Waals surface area contributed by atoms with Crippen LogP contribution in [0.3, 0.4) is 0 Å². The van der Waals surface area contributed by atoms with Crippen LogP contribution in [0.4, 0.5) is 4.39 Å². The zero-order chi connectivity index (χ0) is 13.0. The van der Waals surface area contributed by atoms with E-state index in [1.807, 2.05) is 24.3 Å². The second-order valence-corrected chi connectivity index (χ2v) is 4.10. The van der Waals surface area contributed by atoms with Gasteiger partial charge in [-0.15, -0.1) is 0 Å². The standard InChI is InChI=1S/C15H16FNO/c1-2-11-3-5-14(6-4-11)18-15-8-12(10-17)7-13(16)9-15/h3-9H,2,10,17H2,1H3. The molecule has 2 N–H and O–H groups in total.